The number of unbranched alkanes of at least 4 members (excludes halogenated alkanes) is 1. The van der Waals surface area contributed by atoms with Crippen molar-refractivity contribution < 1.29 is 55.0 Å². The van der Waals surface area contributed by atoms with Gasteiger partial charge in [0.05, 0.1) is 11.8 Å². The summed E-state index contributed by atoms with van der Waals surface area (Å²) in [5.74, 6) is -3.15. The van der Waals surface area contributed by atoms with E-state index < -0.39 is 87.6 Å². The normalized spacial score (nSPS) is 24.8. The van der Waals surface area contributed by atoms with Gasteiger partial charge in [0.25, 0.3) is 5.91 Å². The highest BCUT2D eigenvalue weighted by Gasteiger charge is 2.62. The number of hydrogen-bond acceptors (Lipinski definition) is 9. The van der Waals surface area contributed by atoms with E-state index in [1.54, 1.807) is 26.0 Å². The lowest BCUT2D eigenvalue weighted by Gasteiger charge is -2.30. The molecule has 5 atom stereocenters. The molecule has 286 valence electrons. The van der Waals surface area contributed by atoms with E-state index in [0.29, 0.717) is 38.6 Å². The highest BCUT2D eigenvalue weighted by Crippen LogP contribution is 2.46. The van der Waals surface area contributed by atoms with Crippen LogP contribution in [0.1, 0.15) is 69.9 Å². The summed E-state index contributed by atoms with van der Waals surface area (Å²) in [6, 6.07) is 4.87. The van der Waals surface area contributed by atoms with E-state index in [9.17, 15) is 45.6 Å². The third-order valence-electron chi connectivity index (χ3n) is 9.70. The van der Waals surface area contributed by atoms with Crippen molar-refractivity contribution in [2.75, 3.05) is 19.7 Å². The van der Waals surface area contributed by atoms with Gasteiger partial charge in [0.15, 0.2) is 6.61 Å². The van der Waals surface area contributed by atoms with Crippen LogP contribution in [0, 0.1) is 5.92 Å². The monoisotopic (exact) mass is 755 g/mol. The molecule has 2 aliphatic heterocycles. The quantitative estimate of drug-likeness (QED) is 0.255. The van der Waals surface area contributed by atoms with Crippen LogP contribution in [0.15, 0.2) is 36.4 Å². The molecule has 0 unspecified atom stereocenters. The topological polar surface area (TPSA) is 181 Å². The summed E-state index contributed by atoms with van der Waals surface area (Å²) in [5, 5.41) is 4.15. The summed E-state index contributed by atoms with van der Waals surface area (Å²) >= 11 is 0. The first kappa shape index (κ1) is 38.9. The Morgan fingerprint density at radius 2 is 1.83 bits per heavy atom. The third kappa shape index (κ3) is 9.35. The predicted octanol–water partition coefficient (Wildman–Crippen LogP) is 3.06. The average molecular weight is 756 g/mol. The maximum absolute atomic E-state index is 14.1. The van der Waals surface area contributed by atoms with Crippen LogP contribution in [0.3, 0.4) is 0 Å². The number of halogens is 3. The summed E-state index contributed by atoms with van der Waals surface area (Å²) < 4.78 is 75.6. The van der Waals surface area contributed by atoms with E-state index >= 15 is 0 Å². The molecule has 52 heavy (non-hydrogen) atoms. The van der Waals surface area contributed by atoms with Crippen LogP contribution in [0.2, 0.25) is 0 Å². The number of alkyl halides is 3. The second-order valence-electron chi connectivity index (χ2n) is 13.7. The van der Waals surface area contributed by atoms with Gasteiger partial charge >= 0.3 is 18.4 Å². The molecule has 2 heterocycles. The smallest absolute Gasteiger partial charge is 0.422 e. The Balaban J connectivity index is 1.36. The zero-order chi connectivity index (χ0) is 37.8. The first-order chi connectivity index (χ1) is 24.6. The van der Waals surface area contributed by atoms with Crippen LogP contribution in [0.25, 0.3) is 0 Å². The van der Waals surface area contributed by atoms with E-state index in [2.05, 4.69) is 20.1 Å². The van der Waals surface area contributed by atoms with E-state index in [4.69, 9.17) is 4.74 Å². The zero-order valence-corrected chi connectivity index (χ0v) is 29.8. The van der Waals surface area contributed by atoms with Crippen molar-refractivity contribution in [3.8, 4) is 0 Å². The number of hydrogen-bond donors (Lipinski definition) is 3. The number of likely N-dealkylation sites (tertiary alicyclic amines) is 1. The molecule has 18 heteroatoms. The minimum absolute atomic E-state index is 0.00628. The van der Waals surface area contributed by atoms with Crippen molar-refractivity contribution in [1.82, 2.24) is 25.2 Å². The maximum atomic E-state index is 14.1. The highest BCUT2D eigenvalue weighted by molar-refractivity contribution is 7.91. The fraction of sp³-hybridized carbons (Fsp3) is 0.618. The number of rotatable bonds is 13. The molecule has 5 amide bonds. The minimum atomic E-state index is -4.81. The van der Waals surface area contributed by atoms with Gasteiger partial charge in [-0.3, -0.25) is 19.1 Å². The van der Waals surface area contributed by atoms with Gasteiger partial charge in [-0.05, 0) is 50.2 Å². The number of nitrogens with one attached hydrogen (secondary N) is 3. The van der Waals surface area contributed by atoms with Crippen molar-refractivity contribution in [2.45, 2.75) is 107 Å². The largest absolute Gasteiger partial charge is 0.444 e. The molecular weight excluding hydrogens is 711 g/mol. The van der Waals surface area contributed by atoms with Crippen LogP contribution in [-0.2, 0) is 46.8 Å². The van der Waals surface area contributed by atoms with Gasteiger partial charge in [-0.15, -0.1) is 0 Å². The van der Waals surface area contributed by atoms with Crippen molar-refractivity contribution in [2.24, 2.45) is 5.92 Å². The van der Waals surface area contributed by atoms with Gasteiger partial charge < -0.3 is 29.9 Å². The molecule has 1 saturated heterocycles. The number of fused-ring (bicyclic) bond motifs is 1. The SMILES string of the molecule is C/C=C\[C@@H]1C[C@]1(NC(=O)[C@@H]1C[C@@H](OC(=O)N2CCc3ccccc3C2)CN1C(=O)[C@H](CCCC)NC(=O)OCC(F)(F)F)C(=O)NS(=O)(=O)C1CC1. The lowest BCUT2D eigenvalue weighted by molar-refractivity contribution is -0.160. The Kier molecular flexibility index (Phi) is 11.7. The van der Waals surface area contributed by atoms with E-state index in [-0.39, 0.29) is 32.4 Å². The molecule has 3 fully saturated rings. The fourth-order valence-corrected chi connectivity index (χ4v) is 8.00. The summed E-state index contributed by atoms with van der Waals surface area (Å²) in [4.78, 5) is 69.8. The van der Waals surface area contributed by atoms with E-state index in [0.717, 1.165) is 16.0 Å². The molecule has 0 bridgehead atoms. The van der Waals surface area contributed by atoms with Gasteiger partial charge in [-0.25, -0.2) is 18.0 Å². The van der Waals surface area contributed by atoms with Gasteiger partial charge in [0, 0.05) is 25.4 Å². The Labute approximate surface area is 299 Å². The van der Waals surface area contributed by atoms with Crippen molar-refractivity contribution in [3.05, 3.63) is 47.5 Å². The molecule has 4 aliphatic rings. The second kappa shape index (κ2) is 15.7. The first-order valence-corrected chi connectivity index (χ1v) is 18.9. The molecule has 14 nitrogen and oxygen atoms in total. The van der Waals surface area contributed by atoms with E-state index in [1.165, 1.54) is 4.90 Å². The van der Waals surface area contributed by atoms with Crippen molar-refractivity contribution >= 4 is 39.9 Å². The lowest BCUT2D eigenvalue weighted by Crippen LogP contribution is -2.58. The molecule has 0 spiro atoms. The standard InChI is InChI=1S/C34H44F3N5O9S/c1-3-5-11-26(38-31(46)50-20-34(35,36)37)29(44)42-19-24(51-32(47)41-15-14-21-9-6-7-10-22(21)18-41)16-27(42)28(43)39-33(17-23(33)8-4-2)30(45)40-52(48,49)25-12-13-25/h4,6-10,23-27H,3,5,11-20H2,1-2H3,(H,38,46)(H,39,43)(H,40,45)/b8-4-/t23-,24-,26+,27+,33-/m1/s1. The summed E-state index contributed by atoms with van der Waals surface area (Å²) in [6.45, 7) is 1.97. The molecule has 3 N–H and O–H groups in total. The summed E-state index contributed by atoms with van der Waals surface area (Å²) in [5.41, 5.74) is 0.401. The second-order valence-corrected chi connectivity index (χ2v) is 15.7. The number of carbonyl (C=O) groups excluding carboxylic acids is 5. The number of sulfonamides is 1. The van der Waals surface area contributed by atoms with Gasteiger partial charge in [0.2, 0.25) is 21.8 Å². The summed E-state index contributed by atoms with van der Waals surface area (Å²) in [7, 11) is -3.97. The Morgan fingerprint density at radius 1 is 1.12 bits per heavy atom. The molecule has 1 aromatic rings. The number of amides is 5. The Hall–Kier alpha value is -4.35. The first-order valence-electron chi connectivity index (χ1n) is 17.4. The van der Waals surface area contributed by atoms with Crippen LogP contribution < -0.4 is 15.4 Å². The van der Waals surface area contributed by atoms with Crippen LogP contribution in [0.4, 0.5) is 22.8 Å². The van der Waals surface area contributed by atoms with Crippen LogP contribution in [-0.4, -0.2) is 103 Å². The highest BCUT2D eigenvalue weighted by atomic mass is 32.2. The van der Waals surface area contributed by atoms with Crippen molar-refractivity contribution in [3.63, 3.8) is 0 Å². The molecule has 1 aromatic carbocycles. The summed E-state index contributed by atoms with van der Waals surface area (Å²) in [6.07, 6.45) is -2.49. The maximum Gasteiger partial charge on any atom is 0.422 e. The van der Waals surface area contributed by atoms with Crippen LogP contribution in [0.5, 0.6) is 0 Å². The molecule has 0 radical (unpaired) electrons. The number of nitrogens with zero attached hydrogens (tertiary/aromatic N) is 2. The third-order valence-corrected chi connectivity index (χ3v) is 11.5. The Bertz CT molecular complexity index is 1690. The van der Waals surface area contributed by atoms with E-state index in [1.807, 2.05) is 24.3 Å². The molecule has 5 rings (SSSR count). The van der Waals surface area contributed by atoms with Gasteiger partial charge in [-0.2, -0.15) is 13.2 Å². The number of benzene rings is 1. The average Bonchev–Trinajstić information content (AvgIpc) is 4.02. The van der Waals surface area contributed by atoms with Crippen molar-refractivity contribution in [1.29, 1.82) is 0 Å². The number of alkyl carbamates (subject to hydrolysis) is 1. The minimum Gasteiger partial charge on any atom is -0.444 e. The fourth-order valence-electron chi connectivity index (χ4n) is 6.64. The zero-order valence-electron chi connectivity index (χ0n) is 28.9. The lowest BCUT2D eigenvalue weighted by atomic mass is 10.0. The molecule has 0 aromatic heterocycles. The predicted molar refractivity (Wildman–Crippen MR) is 179 cm³/mol. The molecule has 2 aliphatic carbocycles. The van der Waals surface area contributed by atoms with Crippen LogP contribution >= 0.6 is 0 Å². The number of carbonyl (C=O) groups is 5. The number of allylic oxidation sites excluding steroid dienone is 1. The van der Waals surface area contributed by atoms with Gasteiger partial charge in [0.1, 0.15) is 23.7 Å². The van der Waals surface area contributed by atoms with Gasteiger partial charge in [-0.1, -0.05) is 56.2 Å². The Morgan fingerprint density at radius 3 is 2.48 bits per heavy atom. The molecular formula is C34H44F3N5O9S. The molecule has 2 saturated carbocycles. The number of ether oxygens (including phenoxy) is 2.